The molecule has 0 fully saturated rings. The molecule has 0 aliphatic heterocycles. The average Bonchev–Trinajstić information content (AvgIpc) is 3.30. The standard InChI is InChI=1S/C29H25N3O3S2/c33-28(30-18-20-9-3-1-4-10-20)27-24-13-7-8-14-26(24)37-29(27)31-19-21-17-22(32(34)35)15-16-25(21)36-23-11-5-2-6-12-23/h1-6,9-12,15-17,19H,7-8,13-14,18H2,(H,30,33). The van der Waals surface area contributed by atoms with Crippen molar-refractivity contribution in [3.63, 3.8) is 0 Å². The quantitative estimate of drug-likeness (QED) is 0.147. The van der Waals surface area contributed by atoms with Crippen LogP contribution in [-0.4, -0.2) is 17.0 Å². The molecule has 1 amide bonds. The first-order chi connectivity index (χ1) is 18.1. The molecule has 5 rings (SSSR count). The van der Waals surface area contributed by atoms with Gasteiger partial charge in [0.05, 0.1) is 10.5 Å². The highest BCUT2D eigenvalue weighted by molar-refractivity contribution is 7.99. The van der Waals surface area contributed by atoms with E-state index in [1.165, 1.54) is 28.8 Å². The molecule has 0 radical (unpaired) electrons. The van der Waals surface area contributed by atoms with Crippen molar-refractivity contribution in [1.82, 2.24) is 5.32 Å². The molecule has 0 unspecified atom stereocenters. The zero-order valence-electron chi connectivity index (χ0n) is 20.1. The molecule has 8 heteroatoms. The molecule has 0 atom stereocenters. The summed E-state index contributed by atoms with van der Waals surface area (Å²) >= 11 is 3.08. The molecule has 186 valence electrons. The SMILES string of the molecule is O=C(NCc1ccccc1)c1c(N=Cc2cc([N+](=O)[O-])ccc2Sc2ccccc2)sc2c1CCCC2. The van der Waals surface area contributed by atoms with Crippen LogP contribution in [0.1, 0.15) is 44.8 Å². The van der Waals surface area contributed by atoms with E-state index in [0.29, 0.717) is 22.7 Å². The Balaban J connectivity index is 1.48. The first kappa shape index (κ1) is 24.9. The summed E-state index contributed by atoms with van der Waals surface area (Å²) in [7, 11) is 0. The van der Waals surface area contributed by atoms with Crippen LogP contribution in [0, 0.1) is 10.1 Å². The molecule has 1 N–H and O–H groups in total. The van der Waals surface area contributed by atoms with Crippen LogP contribution in [0.5, 0.6) is 0 Å². The highest BCUT2D eigenvalue weighted by atomic mass is 32.2. The summed E-state index contributed by atoms with van der Waals surface area (Å²) in [6, 6.07) is 24.5. The molecule has 0 saturated carbocycles. The molecule has 1 aromatic heterocycles. The lowest BCUT2D eigenvalue weighted by Gasteiger charge is -2.13. The van der Waals surface area contributed by atoms with Crippen molar-refractivity contribution >= 4 is 45.9 Å². The lowest BCUT2D eigenvalue weighted by atomic mass is 9.95. The van der Waals surface area contributed by atoms with Gasteiger partial charge in [-0.1, -0.05) is 60.3 Å². The smallest absolute Gasteiger partial charge is 0.270 e. The summed E-state index contributed by atoms with van der Waals surface area (Å²) in [6.45, 7) is 0.441. The van der Waals surface area contributed by atoms with Gasteiger partial charge in [0, 0.05) is 45.1 Å². The average molecular weight is 528 g/mol. The molecule has 1 aliphatic carbocycles. The Morgan fingerprint density at radius 1 is 1.03 bits per heavy atom. The molecule has 0 spiro atoms. The Bertz CT molecular complexity index is 1450. The van der Waals surface area contributed by atoms with Crippen LogP contribution in [0.25, 0.3) is 0 Å². The third-order valence-corrected chi connectivity index (χ3v) is 8.47. The predicted octanol–water partition coefficient (Wildman–Crippen LogP) is 7.37. The second-order valence-corrected chi connectivity index (χ2v) is 10.9. The summed E-state index contributed by atoms with van der Waals surface area (Å²) in [5.74, 6) is -0.131. The third-order valence-electron chi connectivity index (χ3n) is 6.17. The highest BCUT2D eigenvalue weighted by Crippen LogP contribution is 2.40. The number of thiophene rings is 1. The number of nitro groups is 1. The number of fused-ring (bicyclic) bond motifs is 1. The number of carbonyl (C=O) groups excluding carboxylic acids is 1. The molecule has 0 saturated heterocycles. The van der Waals surface area contributed by atoms with Crippen LogP contribution in [0.3, 0.4) is 0 Å². The van der Waals surface area contributed by atoms with E-state index in [1.54, 1.807) is 23.6 Å². The topological polar surface area (TPSA) is 84.6 Å². The molecule has 1 heterocycles. The van der Waals surface area contributed by atoms with E-state index in [2.05, 4.69) is 5.32 Å². The summed E-state index contributed by atoms with van der Waals surface area (Å²) in [5.41, 5.74) is 3.40. The lowest BCUT2D eigenvalue weighted by molar-refractivity contribution is -0.384. The van der Waals surface area contributed by atoms with Gasteiger partial charge in [-0.25, -0.2) is 4.99 Å². The number of hydrogen-bond donors (Lipinski definition) is 1. The number of amides is 1. The van der Waals surface area contributed by atoms with Crippen LogP contribution < -0.4 is 5.32 Å². The van der Waals surface area contributed by atoms with Gasteiger partial charge in [0.25, 0.3) is 11.6 Å². The number of aliphatic imine (C=N–C) groups is 1. The largest absolute Gasteiger partial charge is 0.348 e. The van der Waals surface area contributed by atoms with E-state index in [-0.39, 0.29) is 11.6 Å². The van der Waals surface area contributed by atoms with Crippen molar-refractivity contribution < 1.29 is 9.72 Å². The van der Waals surface area contributed by atoms with Crippen molar-refractivity contribution in [2.24, 2.45) is 4.99 Å². The van der Waals surface area contributed by atoms with E-state index in [4.69, 9.17) is 4.99 Å². The zero-order chi connectivity index (χ0) is 25.6. The normalized spacial score (nSPS) is 12.9. The molecule has 3 aromatic carbocycles. The van der Waals surface area contributed by atoms with Gasteiger partial charge in [-0.3, -0.25) is 14.9 Å². The fourth-order valence-electron chi connectivity index (χ4n) is 4.33. The van der Waals surface area contributed by atoms with E-state index >= 15 is 0 Å². The van der Waals surface area contributed by atoms with E-state index in [9.17, 15) is 14.9 Å². The van der Waals surface area contributed by atoms with Crippen molar-refractivity contribution in [3.8, 4) is 0 Å². The van der Waals surface area contributed by atoms with Gasteiger partial charge in [-0.15, -0.1) is 11.3 Å². The second-order valence-electron chi connectivity index (χ2n) is 8.71. The molecule has 6 nitrogen and oxygen atoms in total. The number of carbonyl (C=O) groups is 1. The van der Waals surface area contributed by atoms with Crippen LogP contribution in [0.2, 0.25) is 0 Å². The highest BCUT2D eigenvalue weighted by Gasteiger charge is 2.25. The molecular weight excluding hydrogens is 502 g/mol. The van der Waals surface area contributed by atoms with Crippen LogP contribution in [-0.2, 0) is 19.4 Å². The number of rotatable bonds is 8. The number of aryl methyl sites for hydroxylation is 1. The Morgan fingerprint density at radius 3 is 2.51 bits per heavy atom. The minimum atomic E-state index is -0.402. The summed E-state index contributed by atoms with van der Waals surface area (Å²) in [6.07, 6.45) is 5.62. The third kappa shape index (κ3) is 5.98. The van der Waals surface area contributed by atoms with Crippen molar-refractivity contribution in [1.29, 1.82) is 0 Å². The van der Waals surface area contributed by atoms with E-state index in [0.717, 1.165) is 46.6 Å². The number of hydrogen-bond acceptors (Lipinski definition) is 6. The number of nitro benzene ring substituents is 1. The number of nitrogens with zero attached hydrogens (tertiary/aromatic N) is 2. The van der Waals surface area contributed by atoms with Crippen LogP contribution in [0.15, 0.2) is 93.6 Å². The molecular formula is C29H25N3O3S2. The first-order valence-corrected chi connectivity index (χ1v) is 13.7. The lowest BCUT2D eigenvalue weighted by Crippen LogP contribution is -2.24. The van der Waals surface area contributed by atoms with Gasteiger partial charge < -0.3 is 5.32 Å². The molecule has 4 aromatic rings. The Hall–Kier alpha value is -3.75. The van der Waals surface area contributed by atoms with Gasteiger partial charge in [-0.2, -0.15) is 0 Å². The van der Waals surface area contributed by atoms with Gasteiger partial charge in [-0.05, 0) is 55.0 Å². The van der Waals surface area contributed by atoms with Gasteiger partial charge in [0.2, 0.25) is 0 Å². The van der Waals surface area contributed by atoms with Crippen LogP contribution in [0.4, 0.5) is 10.7 Å². The molecule has 0 bridgehead atoms. The minimum Gasteiger partial charge on any atom is -0.348 e. The van der Waals surface area contributed by atoms with E-state index < -0.39 is 4.92 Å². The Morgan fingerprint density at radius 2 is 1.76 bits per heavy atom. The maximum atomic E-state index is 13.4. The Labute approximate surface area is 223 Å². The van der Waals surface area contributed by atoms with Gasteiger partial charge in [0.1, 0.15) is 5.00 Å². The van der Waals surface area contributed by atoms with Crippen molar-refractivity contribution in [3.05, 3.63) is 116 Å². The maximum absolute atomic E-state index is 13.4. The minimum absolute atomic E-state index is 0.00478. The number of non-ortho nitro benzene ring substituents is 1. The molecule has 37 heavy (non-hydrogen) atoms. The van der Waals surface area contributed by atoms with Crippen molar-refractivity contribution in [2.75, 3.05) is 0 Å². The first-order valence-electron chi connectivity index (χ1n) is 12.1. The summed E-state index contributed by atoms with van der Waals surface area (Å²) in [5, 5.41) is 15.2. The fourth-order valence-corrected chi connectivity index (χ4v) is 6.47. The Kier molecular flexibility index (Phi) is 7.77. The number of benzene rings is 3. The monoisotopic (exact) mass is 527 g/mol. The number of nitrogens with one attached hydrogen (secondary N) is 1. The fraction of sp³-hybridized carbons (Fsp3) is 0.172. The van der Waals surface area contributed by atoms with Crippen molar-refractivity contribution in [2.45, 2.75) is 42.0 Å². The maximum Gasteiger partial charge on any atom is 0.270 e. The van der Waals surface area contributed by atoms with E-state index in [1.807, 2.05) is 60.7 Å². The van der Waals surface area contributed by atoms with Gasteiger partial charge >= 0.3 is 0 Å². The van der Waals surface area contributed by atoms with Gasteiger partial charge in [0.15, 0.2) is 0 Å². The zero-order valence-corrected chi connectivity index (χ0v) is 21.7. The summed E-state index contributed by atoms with van der Waals surface area (Å²) < 4.78 is 0. The molecule has 1 aliphatic rings. The summed E-state index contributed by atoms with van der Waals surface area (Å²) in [4.78, 5) is 32.3. The second kappa shape index (κ2) is 11.5. The van der Waals surface area contributed by atoms with Crippen LogP contribution >= 0.6 is 23.1 Å². The predicted molar refractivity (Wildman–Crippen MR) is 149 cm³/mol.